The van der Waals surface area contributed by atoms with E-state index in [0.29, 0.717) is 12.2 Å². The third-order valence-electron chi connectivity index (χ3n) is 6.04. The van der Waals surface area contributed by atoms with Crippen LogP contribution in [0.15, 0.2) is 42.5 Å². The van der Waals surface area contributed by atoms with Crippen LogP contribution in [0.4, 0.5) is 0 Å². The van der Waals surface area contributed by atoms with Crippen molar-refractivity contribution in [2.45, 2.75) is 18.5 Å². The summed E-state index contributed by atoms with van der Waals surface area (Å²) in [6, 6.07) is 11.9. The molecule has 7 nitrogen and oxygen atoms in total. The Labute approximate surface area is 169 Å². The Hall–Kier alpha value is -3.48. The molecule has 0 unspecified atom stereocenters. The van der Waals surface area contributed by atoms with Gasteiger partial charge in [-0.05, 0) is 29.3 Å². The average Bonchev–Trinajstić information content (AvgIpc) is 3.25. The van der Waals surface area contributed by atoms with Gasteiger partial charge >= 0.3 is 0 Å². The maximum atomic E-state index is 13.1. The molecule has 7 heteroatoms. The summed E-state index contributed by atoms with van der Waals surface area (Å²) in [5.74, 6) is 0.362. The Balaban J connectivity index is 1.56. The number of nitrogens with zero attached hydrogens (tertiary/aromatic N) is 2. The minimum Gasteiger partial charge on any atom is -0.454 e. The number of benzene rings is 2. The quantitative estimate of drug-likeness (QED) is 0.645. The number of rotatable bonds is 1. The van der Waals surface area contributed by atoms with Crippen molar-refractivity contribution in [3.63, 3.8) is 0 Å². The summed E-state index contributed by atoms with van der Waals surface area (Å²) in [4.78, 5) is 32.8. The number of ether oxygens (including phenoxy) is 2. The molecule has 0 radical (unpaired) electrons. The molecule has 3 aliphatic heterocycles. The van der Waals surface area contributed by atoms with Crippen molar-refractivity contribution in [3.8, 4) is 11.5 Å². The van der Waals surface area contributed by atoms with Crippen LogP contribution in [-0.2, 0) is 16.0 Å². The lowest BCUT2D eigenvalue weighted by Crippen LogP contribution is -2.62. The van der Waals surface area contributed by atoms with E-state index in [9.17, 15) is 9.59 Å². The zero-order chi connectivity index (χ0) is 21.5. The molecule has 4 heterocycles. The van der Waals surface area contributed by atoms with Crippen LogP contribution >= 0.6 is 0 Å². The van der Waals surface area contributed by atoms with E-state index in [2.05, 4.69) is 4.98 Å². The minimum absolute atomic E-state index is 0.0223. The van der Waals surface area contributed by atoms with Crippen molar-refractivity contribution in [1.82, 2.24) is 14.8 Å². The highest BCUT2D eigenvalue weighted by molar-refractivity contribution is 5.97. The van der Waals surface area contributed by atoms with Crippen molar-refractivity contribution >= 4 is 22.7 Å². The van der Waals surface area contributed by atoms with Crippen molar-refractivity contribution in [2.24, 2.45) is 0 Å². The highest BCUT2D eigenvalue weighted by Gasteiger charge is 2.47. The summed E-state index contributed by atoms with van der Waals surface area (Å²) >= 11 is 0. The monoisotopic (exact) mass is 392 g/mol. The number of carbonyl (C=O) groups excluding carboxylic acids is 2. The van der Waals surface area contributed by atoms with E-state index in [1.807, 2.05) is 24.3 Å². The smallest absolute Gasteiger partial charge is 0.245 e. The van der Waals surface area contributed by atoms with Gasteiger partial charge in [0.05, 0.1) is 12.6 Å². The van der Waals surface area contributed by atoms with Gasteiger partial charge in [0.1, 0.15) is 8.78 Å². The molecule has 0 bridgehead atoms. The van der Waals surface area contributed by atoms with E-state index in [1.54, 1.807) is 30.1 Å². The zero-order valence-electron chi connectivity index (χ0n) is 17.6. The van der Waals surface area contributed by atoms with Crippen molar-refractivity contribution in [1.29, 1.82) is 0 Å². The molecule has 2 amide bonds. The number of aromatic nitrogens is 1. The summed E-state index contributed by atoms with van der Waals surface area (Å²) in [5, 5.41) is 1.03. The summed E-state index contributed by atoms with van der Waals surface area (Å²) in [7, 11) is 1.65. The first kappa shape index (κ1) is 14.5. The topological polar surface area (TPSA) is 74.9 Å². The molecule has 0 spiro atoms. The first-order chi connectivity index (χ1) is 14.8. The Morgan fingerprint density at radius 3 is 2.86 bits per heavy atom. The molecule has 3 aliphatic rings. The molecule has 1 fully saturated rings. The number of fused-ring (bicyclic) bond motifs is 5. The van der Waals surface area contributed by atoms with E-state index in [1.165, 1.54) is 4.90 Å². The fraction of sp³-hybridized carbons (Fsp3) is 0.273. The van der Waals surface area contributed by atoms with Gasteiger partial charge in [-0.2, -0.15) is 0 Å². The molecule has 0 saturated carbocycles. The molecule has 2 aromatic carbocycles. The van der Waals surface area contributed by atoms with Gasteiger partial charge in [-0.25, -0.2) is 0 Å². The lowest BCUT2D eigenvalue weighted by Gasteiger charge is -2.46. The van der Waals surface area contributed by atoms with Gasteiger partial charge in [-0.3, -0.25) is 9.59 Å². The predicted molar refractivity (Wildman–Crippen MR) is 105 cm³/mol. The molecule has 1 saturated heterocycles. The minimum atomic E-state index is -2.23. The summed E-state index contributed by atoms with van der Waals surface area (Å²) in [6.45, 7) is -2.21. The van der Waals surface area contributed by atoms with E-state index in [0.717, 1.165) is 27.7 Å². The summed E-state index contributed by atoms with van der Waals surface area (Å²) in [6.07, 6.45) is 0.442. The highest BCUT2D eigenvalue weighted by Crippen LogP contribution is 2.44. The molecule has 2 atom stereocenters. The molecule has 0 aliphatic carbocycles. The lowest BCUT2D eigenvalue weighted by molar-refractivity contribution is -0.157. The lowest BCUT2D eigenvalue weighted by atomic mass is 9.87. The molecular weight excluding hydrogens is 371 g/mol. The largest absolute Gasteiger partial charge is 0.454 e. The van der Waals surface area contributed by atoms with E-state index in [4.69, 9.17) is 12.2 Å². The number of carbonyl (C=O) groups is 2. The zero-order valence-corrected chi connectivity index (χ0v) is 15.6. The van der Waals surface area contributed by atoms with Crippen LogP contribution in [0.3, 0.4) is 0 Å². The number of nitrogens with one attached hydrogen (secondary N) is 1. The fourth-order valence-corrected chi connectivity index (χ4v) is 4.72. The number of hydrogen-bond acceptors (Lipinski definition) is 4. The number of H-pyrrole nitrogens is 1. The summed E-state index contributed by atoms with van der Waals surface area (Å²) < 4.78 is 25.9. The van der Waals surface area contributed by atoms with Gasteiger partial charge in [0.15, 0.2) is 11.5 Å². The van der Waals surface area contributed by atoms with Crippen molar-refractivity contribution in [3.05, 3.63) is 59.3 Å². The van der Waals surface area contributed by atoms with Crippen LogP contribution < -0.4 is 9.47 Å². The van der Waals surface area contributed by atoms with E-state index >= 15 is 0 Å². The van der Waals surface area contributed by atoms with Gasteiger partial charge in [0, 0.05) is 30.1 Å². The third kappa shape index (κ3) is 2.24. The second-order valence-electron chi connectivity index (χ2n) is 7.67. The van der Waals surface area contributed by atoms with Crippen LogP contribution in [0.25, 0.3) is 10.9 Å². The van der Waals surface area contributed by atoms with Crippen LogP contribution in [0.5, 0.6) is 11.5 Å². The van der Waals surface area contributed by atoms with Crippen molar-refractivity contribution in [2.75, 3.05) is 20.3 Å². The Kier molecular flexibility index (Phi) is 2.88. The third-order valence-corrected chi connectivity index (χ3v) is 6.04. The SMILES string of the molecule is [2H]C1([2H])Oc2ccc([C@@H]3c4[nH]c5ccccc5c4C[C@@H]4C(=O)N(C)[13CH2]C(=O)N34)cc2O1. The predicted octanol–water partition coefficient (Wildman–Crippen LogP) is 2.21. The Bertz CT molecular complexity index is 1270. The van der Waals surface area contributed by atoms with Gasteiger partial charge in [0.2, 0.25) is 18.6 Å². The van der Waals surface area contributed by atoms with Crippen LogP contribution in [0, 0.1) is 0 Å². The Morgan fingerprint density at radius 2 is 1.97 bits per heavy atom. The molecule has 29 heavy (non-hydrogen) atoms. The van der Waals surface area contributed by atoms with Gasteiger partial charge in [-0.1, -0.05) is 24.3 Å². The van der Waals surface area contributed by atoms with Gasteiger partial charge < -0.3 is 24.3 Å². The van der Waals surface area contributed by atoms with Gasteiger partial charge in [-0.15, -0.1) is 0 Å². The first-order valence-corrected chi connectivity index (χ1v) is 9.50. The van der Waals surface area contributed by atoms with Gasteiger partial charge in [0.25, 0.3) is 0 Å². The van der Waals surface area contributed by atoms with Crippen LogP contribution in [0.2, 0.25) is 0 Å². The maximum Gasteiger partial charge on any atom is 0.245 e. The number of para-hydroxylation sites is 1. The van der Waals surface area contributed by atoms with Crippen molar-refractivity contribution < 1.29 is 21.8 Å². The fourth-order valence-electron chi connectivity index (χ4n) is 4.72. The van der Waals surface area contributed by atoms with E-state index < -0.39 is 18.8 Å². The van der Waals surface area contributed by atoms with Crippen LogP contribution in [0.1, 0.15) is 25.6 Å². The van der Waals surface area contributed by atoms with Crippen LogP contribution in [-0.4, -0.2) is 53.0 Å². The molecule has 6 rings (SSSR count). The second-order valence-corrected chi connectivity index (χ2v) is 7.67. The molecule has 146 valence electrons. The molecule has 3 aromatic rings. The normalized spacial score (nSPS) is 25.6. The first-order valence-electron chi connectivity index (χ1n) is 10.5. The van der Waals surface area contributed by atoms with E-state index in [-0.39, 0.29) is 24.1 Å². The molecular formula is C22H19N3O4. The molecule has 1 aromatic heterocycles. The number of likely N-dealkylation sites (N-methyl/N-ethyl adjacent to an activating group) is 1. The average molecular weight is 392 g/mol. The highest BCUT2D eigenvalue weighted by atomic mass is 16.7. The molecule has 1 N–H and O–H groups in total. The standard InChI is InChI=1S/C22H19N3O4/c1-24-10-19(26)25-16(22(24)27)9-14-13-4-2-3-5-15(13)23-20(14)21(25)12-6-7-17-18(8-12)29-11-28-17/h2-8,16,21,23H,9-11H2,1H3/t16-,21-/m1/s1/i10+1,11D2. The Morgan fingerprint density at radius 1 is 1.14 bits per heavy atom. The number of hydrogen-bond donors (Lipinski definition) is 1. The summed E-state index contributed by atoms with van der Waals surface area (Å²) in [5.41, 5.74) is 3.56. The number of aromatic amines is 1. The maximum absolute atomic E-state index is 13.1. The number of piperazine rings is 1. The number of amides is 2. The second kappa shape index (κ2) is 5.76.